The van der Waals surface area contributed by atoms with Crippen LogP contribution in [0, 0.1) is 17.3 Å². The molecule has 10 atom stereocenters. The lowest BCUT2D eigenvalue weighted by Gasteiger charge is -2.53. The number of unbranched alkanes of at least 4 members (excludes halogenated alkanes) is 1. The third-order valence-corrected chi connectivity index (χ3v) is 15.2. The van der Waals surface area contributed by atoms with E-state index >= 15 is 0 Å². The molecule has 8 aliphatic rings. The first-order valence-corrected chi connectivity index (χ1v) is 19.5. The molecule has 46 heavy (non-hydrogen) atoms. The zero-order chi connectivity index (χ0) is 31.9. The molecule has 2 spiro atoms. The van der Waals surface area contributed by atoms with Gasteiger partial charge in [-0.15, -0.1) is 0 Å². The average molecular weight is 680 g/mol. The van der Waals surface area contributed by atoms with Crippen LogP contribution < -0.4 is 5.32 Å². The standard InChI is InChI=1S/C33H45NO10S2/c1-18(2)31-25(43-31)26-33(44-26)30(3)10-8-20-21(17-40-27(20)36)22(30)16-23-32(33,42-23)28(31)41-29(37)39-14-13-38-12-11-34-24(35)7-5-4-6-19-9-15-45-46-19/h18-19,22-23,25-26,28H,4-17H2,1-3H3,(H,34,35). The van der Waals surface area contributed by atoms with Crippen LogP contribution in [0.1, 0.15) is 72.1 Å². The number of fused-ring (bicyclic) bond motifs is 4. The number of carbonyl (C=O) groups excluding carboxylic acids is 3. The third-order valence-electron chi connectivity index (χ3n) is 12.2. The van der Waals surface area contributed by atoms with Crippen LogP contribution in [0.15, 0.2) is 11.1 Å². The van der Waals surface area contributed by atoms with Crippen LogP contribution in [-0.4, -0.2) is 103 Å². The van der Waals surface area contributed by atoms with Gasteiger partial charge >= 0.3 is 12.1 Å². The Morgan fingerprint density at radius 2 is 1.98 bits per heavy atom. The van der Waals surface area contributed by atoms with Crippen molar-refractivity contribution in [1.29, 1.82) is 0 Å². The fraction of sp³-hybridized carbons (Fsp3) is 0.848. The number of amides is 1. The van der Waals surface area contributed by atoms with Gasteiger partial charge in [-0.2, -0.15) is 0 Å². The molecule has 0 aromatic rings. The molecule has 6 fully saturated rings. The lowest BCUT2D eigenvalue weighted by atomic mass is 9.46. The zero-order valence-electron chi connectivity index (χ0n) is 26.8. The Bertz CT molecular complexity index is 1320. The summed E-state index contributed by atoms with van der Waals surface area (Å²) in [7, 11) is 3.93. The van der Waals surface area contributed by atoms with Gasteiger partial charge in [0.15, 0.2) is 11.7 Å². The molecule has 0 radical (unpaired) electrons. The van der Waals surface area contributed by atoms with E-state index in [4.69, 9.17) is 33.2 Å². The Balaban J connectivity index is 0.833. The molecule has 2 saturated carbocycles. The molecule has 0 aromatic heterocycles. The van der Waals surface area contributed by atoms with Crippen molar-refractivity contribution in [3.05, 3.63) is 11.1 Å². The molecule has 5 heterocycles. The molecule has 3 aliphatic carbocycles. The Labute approximate surface area is 277 Å². The summed E-state index contributed by atoms with van der Waals surface area (Å²) in [6, 6.07) is 0. The van der Waals surface area contributed by atoms with E-state index in [0.29, 0.717) is 32.6 Å². The van der Waals surface area contributed by atoms with Crippen molar-refractivity contribution in [3.8, 4) is 0 Å². The van der Waals surface area contributed by atoms with Crippen LogP contribution in [0.3, 0.4) is 0 Å². The minimum absolute atomic E-state index is 0.0300. The van der Waals surface area contributed by atoms with Gasteiger partial charge in [-0.1, -0.05) is 48.8 Å². The van der Waals surface area contributed by atoms with Gasteiger partial charge < -0.3 is 38.5 Å². The van der Waals surface area contributed by atoms with Gasteiger partial charge in [-0.3, -0.25) is 4.79 Å². The molecule has 5 aliphatic heterocycles. The minimum atomic E-state index is -0.815. The van der Waals surface area contributed by atoms with Gasteiger partial charge in [0.05, 0.1) is 19.3 Å². The molecule has 10 unspecified atom stereocenters. The van der Waals surface area contributed by atoms with Crippen LogP contribution >= 0.6 is 21.6 Å². The SMILES string of the molecule is CC(C)C12OC1C1OC13C1(C)CCC4=C(COC4=O)C1CC1OC13C2OC(=O)OCCOCCNC(=O)CCCCC1CCSS1. The van der Waals surface area contributed by atoms with Crippen LogP contribution in [0.4, 0.5) is 4.79 Å². The smallest absolute Gasteiger partial charge is 0.458 e. The maximum absolute atomic E-state index is 13.2. The summed E-state index contributed by atoms with van der Waals surface area (Å²) in [5, 5.41) is 3.64. The summed E-state index contributed by atoms with van der Waals surface area (Å²) in [5.74, 6) is 1.26. The number of epoxide rings is 3. The van der Waals surface area contributed by atoms with E-state index < -0.39 is 29.1 Å². The first-order valence-electron chi connectivity index (χ1n) is 17.1. The van der Waals surface area contributed by atoms with Gasteiger partial charge in [-0.05, 0) is 55.9 Å². The molecule has 4 saturated heterocycles. The summed E-state index contributed by atoms with van der Waals surface area (Å²) in [5.41, 5.74) is -0.573. The summed E-state index contributed by atoms with van der Waals surface area (Å²) in [4.78, 5) is 37.7. The van der Waals surface area contributed by atoms with Crippen molar-refractivity contribution in [2.75, 3.05) is 38.7 Å². The van der Waals surface area contributed by atoms with E-state index in [1.54, 1.807) is 0 Å². The van der Waals surface area contributed by atoms with Crippen LogP contribution in [0.25, 0.3) is 0 Å². The highest BCUT2D eigenvalue weighted by molar-refractivity contribution is 8.77. The first kappa shape index (κ1) is 31.7. The fourth-order valence-electron chi connectivity index (χ4n) is 9.83. The quantitative estimate of drug-likeness (QED) is 0.130. The fourth-order valence-corrected chi connectivity index (χ4v) is 12.9. The molecule has 0 aromatic carbocycles. The molecule has 1 N–H and O–H groups in total. The summed E-state index contributed by atoms with van der Waals surface area (Å²) in [6.45, 7) is 7.73. The van der Waals surface area contributed by atoms with Crippen molar-refractivity contribution >= 4 is 39.6 Å². The number of nitrogens with one attached hydrogen (secondary N) is 1. The average Bonchev–Trinajstić information content (AvgIpc) is 3.97. The highest BCUT2D eigenvalue weighted by atomic mass is 33.1. The molecule has 8 rings (SSSR count). The highest BCUT2D eigenvalue weighted by Gasteiger charge is 3.01. The number of rotatable bonds is 13. The van der Waals surface area contributed by atoms with Gasteiger partial charge in [0, 0.05) is 35.0 Å². The molecular weight excluding hydrogens is 634 g/mol. The zero-order valence-corrected chi connectivity index (χ0v) is 28.5. The van der Waals surface area contributed by atoms with E-state index in [1.165, 1.54) is 18.6 Å². The molecule has 1 amide bonds. The third kappa shape index (κ3) is 4.57. The van der Waals surface area contributed by atoms with Crippen molar-refractivity contribution in [2.24, 2.45) is 17.3 Å². The largest absolute Gasteiger partial charge is 0.508 e. The molecule has 254 valence electrons. The maximum atomic E-state index is 13.2. The molecule has 13 heteroatoms. The van der Waals surface area contributed by atoms with Crippen LogP contribution in [0.5, 0.6) is 0 Å². The van der Waals surface area contributed by atoms with Crippen LogP contribution in [-0.2, 0) is 42.7 Å². The van der Waals surface area contributed by atoms with E-state index in [2.05, 4.69) is 26.1 Å². The Kier molecular flexibility index (Phi) is 7.96. The van der Waals surface area contributed by atoms with Gasteiger partial charge in [0.2, 0.25) is 5.91 Å². The van der Waals surface area contributed by atoms with E-state index in [9.17, 15) is 14.4 Å². The van der Waals surface area contributed by atoms with Crippen LogP contribution in [0.2, 0.25) is 0 Å². The number of hydrogen-bond donors (Lipinski definition) is 1. The van der Waals surface area contributed by atoms with E-state index in [0.717, 1.165) is 42.1 Å². The van der Waals surface area contributed by atoms with Crippen molar-refractivity contribution < 1.29 is 47.5 Å². The van der Waals surface area contributed by atoms with Gasteiger partial charge in [-0.25, -0.2) is 9.59 Å². The normalized spacial score (nSPS) is 43.8. The predicted molar refractivity (Wildman–Crippen MR) is 168 cm³/mol. The van der Waals surface area contributed by atoms with Gasteiger partial charge in [0.25, 0.3) is 0 Å². The lowest BCUT2D eigenvalue weighted by molar-refractivity contribution is -0.136. The summed E-state index contributed by atoms with van der Waals surface area (Å²) in [6.07, 6.45) is 5.16. The van der Waals surface area contributed by atoms with E-state index in [1.807, 2.05) is 21.6 Å². The predicted octanol–water partition coefficient (Wildman–Crippen LogP) is 4.11. The Morgan fingerprint density at radius 3 is 2.78 bits per heavy atom. The first-order chi connectivity index (χ1) is 22.2. The number of hydrogen-bond acceptors (Lipinski definition) is 12. The van der Waals surface area contributed by atoms with Crippen molar-refractivity contribution in [2.45, 2.75) is 119 Å². The minimum Gasteiger partial charge on any atom is -0.458 e. The van der Waals surface area contributed by atoms with Crippen molar-refractivity contribution in [1.82, 2.24) is 5.32 Å². The summed E-state index contributed by atoms with van der Waals surface area (Å²) < 4.78 is 42.5. The molecule has 0 bridgehead atoms. The van der Waals surface area contributed by atoms with Crippen molar-refractivity contribution in [3.63, 3.8) is 0 Å². The lowest BCUT2D eigenvalue weighted by Crippen LogP contribution is -2.70. The topological polar surface area (TPSA) is 138 Å². The second-order valence-corrected chi connectivity index (χ2v) is 17.4. The maximum Gasteiger partial charge on any atom is 0.508 e. The number of esters is 1. The molecular formula is C33H45NO10S2. The Morgan fingerprint density at radius 1 is 1.11 bits per heavy atom. The monoisotopic (exact) mass is 679 g/mol. The Hall–Kier alpha value is -1.51. The summed E-state index contributed by atoms with van der Waals surface area (Å²) >= 11 is 0. The number of ether oxygens (including phenoxy) is 7. The molecule has 11 nitrogen and oxygen atoms in total. The number of cyclic esters (lactones) is 1. The van der Waals surface area contributed by atoms with E-state index in [-0.39, 0.29) is 60.7 Å². The highest BCUT2D eigenvalue weighted by Crippen LogP contribution is 2.83. The second kappa shape index (κ2) is 11.5. The van der Waals surface area contributed by atoms with Gasteiger partial charge in [0.1, 0.15) is 36.6 Å². The number of carbonyl (C=O) groups is 3. The second-order valence-electron chi connectivity index (χ2n) is 14.6.